The molecule has 1 unspecified atom stereocenters. The molecule has 4 heteroatoms. The zero-order chi connectivity index (χ0) is 12.3. The minimum atomic E-state index is -0.0635. The van der Waals surface area contributed by atoms with Crippen molar-refractivity contribution in [1.29, 1.82) is 0 Å². The summed E-state index contributed by atoms with van der Waals surface area (Å²) >= 11 is 0. The Morgan fingerprint density at radius 1 is 1.17 bits per heavy atom. The van der Waals surface area contributed by atoms with Crippen LogP contribution in [0.2, 0.25) is 0 Å². The van der Waals surface area contributed by atoms with Crippen molar-refractivity contribution >= 4 is 16.8 Å². The van der Waals surface area contributed by atoms with Crippen LogP contribution in [0.4, 0.5) is 0 Å². The lowest BCUT2D eigenvalue weighted by Crippen LogP contribution is -2.23. The number of aromatic nitrogens is 1. The smallest absolute Gasteiger partial charge is 0.272 e. The highest BCUT2D eigenvalue weighted by Gasteiger charge is 2.39. The van der Waals surface area contributed by atoms with Gasteiger partial charge < -0.3 is 9.47 Å². The third kappa shape index (κ3) is 1.05. The molecule has 0 radical (unpaired) electrons. The second kappa shape index (κ2) is 3.22. The quantitative estimate of drug-likeness (QED) is 0.704. The van der Waals surface area contributed by atoms with Gasteiger partial charge in [-0.25, -0.2) is 0 Å². The molecule has 0 bridgehead atoms. The lowest BCUT2D eigenvalue weighted by molar-refractivity contribution is 0.0763. The Morgan fingerprint density at radius 2 is 2.00 bits per heavy atom. The number of para-hydroxylation sites is 1. The van der Waals surface area contributed by atoms with Crippen LogP contribution in [0.1, 0.15) is 29.5 Å². The van der Waals surface area contributed by atoms with Gasteiger partial charge in [0.15, 0.2) is 5.43 Å². The highest BCUT2D eigenvalue weighted by Crippen LogP contribution is 2.37. The van der Waals surface area contributed by atoms with Crippen LogP contribution in [0.5, 0.6) is 0 Å². The average Bonchev–Trinajstić information content (AvgIpc) is 2.94. The average molecular weight is 240 g/mol. The third-order valence-electron chi connectivity index (χ3n) is 3.96. The van der Waals surface area contributed by atoms with Crippen molar-refractivity contribution in [2.45, 2.75) is 19.0 Å². The van der Waals surface area contributed by atoms with Gasteiger partial charge in [0.1, 0.15) is 11.9 Å². The molecule has 2 aliphatic heterocycles. The molecule has 2 aliphatic rings. The molecular weight excluding hydrogens is 228 g/mol. The maximum absolute atomic E-state index is 12.2. The summed E-state index contributed by atoms with van der Waals surface area (Å²) in [5.41, 5.74) is 1.36. The van der Waals surface area contributed by atoms with Crippen molar-refractivity contribution in [1.82, 2.24) is 9.47 Å². The summed E-state index contributed by atoms with van der Waals surface area (Å²) in [5.74, 6) is 0.000327. The molecule has 1 atom stereocenters. The van der Waals surface area contributed by atoms with E-state index in [1.807, 2.05) is 33.7 Å². The van der Waals surface area contributed by atoms with Gasteiger partial charge >= 0.3 is 0 Å². The van der Waals surface area contributed by atoms with Crippen LogP contribution in [0.3, 0.4) is 0 Å². The number of hydrogen-bond acceptors (Lipinski definition) is 2. The summed E-state index contributed by atoms with van der Waals surface area (Å²) in [7, 11) is 0. The Balaban J connectivity index is 2.15. The summed E-state index contributed by atoms with van der Waals surface area (Å²) in [6.07, 6.45) is 2.13. The number of pyridine rings is 1. The van der Waals surface area contributed by atoms with Crippen molar-refractivity contribution < 1.29 is 4.79 Å². The van der Waals surface area contributed by atoms with Crippen molar-refractivity contribution in [2.75, 3.05) is 6.54 Å². The van der Waals surface area contributed by atoms with Crippen LogP contribution >= 0.6 is 0 Å². The van der Waals surface area contributed by atoms with Gasteiger partial charge in [0.05, 0.1) is 5.52 Å². The summed E-state index contributed by atoms with van der Waals surface area (Å²) < 4.78 is 2.03. The number of fused-ring (bicyclic) bond motifs is 5. The Morgan fingerprint density at radius 3 is 2.89 bits per heavy atom. The third-order valence-corrected chi connectivity index (χ3v) is 3.96. The number of carbonyl (C=O) groups is 1. The van der Waals surface area contributed by atoms with E-state index in [1.165, 1.54) is 6.07 Å². The number of benzene rings is 1. The first kappa shape index (κ1) is 9.88. The molecule has 0 N–H and O–H groups in total. The SMILES string of the molecule is O=C1c2cc(=O)c3ccccc3n2C2CCCN12. The van der Waals surface area contributed by atoms with E-state index in [0.717, 1.165) is 24.9 Å². The van der Waals surface area contributed by atoms with E-state index in [1.54, 1.807) is 0 Å². The van der Waals surface area contributed by atoms with Crippen molar-refractivity contribution in [3.05, 3.63) is 46.2 Å². The molecule has 4 nitrogen and oxygen atoms in total. The fraction of sp³-hybridized carbons (Fsp3) is 0.286. The fourth-order valence-corrected chi connectivity index (χ4v) is 3.18. The van der Waals surface area contributed by atoms with Crippen LogP contribution in [0.25, 0.3) is 10.9 Å². The fourth-order valence-electron chi connectivity index (χ4n) is 3.18. The van der Waals surface area contributed by atoms with Gasteiger partial charge in [0.2, 0.25) is 0 Å². The first-order valence-electron chi connectivity index (χ1n) is 6.22. The van der Waals surface area contributed by atoms with Gasteiger partial charge in [-0.2, -0.15) is 0 Å². The molecule has 0 spiro atoms. The number of rotatable bonds is 0. The predicted molar refractivity (Wildman–Crippen MR) is 67.5 cm³/mol. The molecule has 18 heavy (non-hydrogen) atoms. The van der Waals surface area contributed by atoms with Gasteiger partial charge in [-0.3, -0.25) is 9.59 Å². The van der Waals surface area contributed by atoms with Crippen molar-refractivity contribution in [3.63, 3.8) is 0 Å². The second-order valence-electron chi connectivity index (χ2n) is 4.90. The molecule has 0 aliphatic carbocycles. The molecule has 2 aromatic rings. The lowest BCUT2D eigenvalue weighted by atomic mass is 10.1. The predicted octanol–water partition coefficient (Wildman–Crippen LogP) is 1.75. The van der Waals surface area contributed by atoms with Crippen LogP contribution in [-0.4, -0.2) is 21.9 Å². The molecule has 3 heterocycles. The van der Waals surface area contributed by atoms with Crippen molar-refractivity contribution in [2.24, 2.45) is 0 Å². The molecule has 4 rings (SSSR count). The van der Waals surface area contributed by atoms with E-state index in [2.05, 4.69) is 0 Å². The zero-order valence-electron chi connectivity index (χ0n) is 9.80. The first-order chi connectivity index (χ1) is 8.77. The summed E-state index contributed by atoms with van der Waals surface area (Å²) in [4.78, 5) is 26.1. The van der Waals surface area contributed by atoms with Gasteiger partial charge in [-0.05, 0) is 25.0 Å². The molecule has 1 aromatic heterocycles. The first-order valence-corrected chi connectivity index (χ1v) is 6.22. The van der Waals surface area contributed by atoms with Crippen LogP contribution < -0.4 is 5.43 Å². The van der Waals surface area contributed by atoms with Crippen LogP contribution in [-0.2, 0) is 0 Å². The summed E-state index contributed by atoms with van der Waals surface area (Å²) in [5, 5.41) is 0.697. The maximum atomic E-state index is 12.2. The highest BCUT2D eigenvalue weighted by molar-refractivity contribution is 5.98. The monoisotopic (exact) mass is 240 g/mol. The molecule has 1 fully saturated rings. The van der Waals surface area contributed by atoms with Gasteiger partial charge in [0.25, 0.3) is 5.91 Å². The van der Waals surface area contributed by atoms with Gasteiger partial charge in [-0.1, -0.05) is 12.1 Å². The van der Waals surface area contributed by atoms with Crippen molar-refractivity contribution in [3.8, 4) is 0 Å². The summed E-state index contributed by atoms with van der Waals surface area (Å²) in [6.45, 7) is 0.799. The molecule has 1 aromatic carbocycles. The standard InChI is InChI=1S/C14H12N2O2/c17-12-8-11-14(18)15-7-3-6-13(15)16(11)10-5-2-1-4-9(10)12/h1-2,4-5,8,13H,3,6-7H2. The zero-order valence-corrected chi connectivity index (χ0v) is 9.80. The molecule has 1 saturated heterocycles. The Bertz CT molecular complexity index is 732. The second-order valence-corrected chi connectivity index (χ2v) is 4.90. The molecule has 0 saturated carbocycles. The highest BCUT2D eigenvalue weighted by atomic mass is 16.2. The maximum Gasteiger partial charge on any atom is 0.272 e. The van der Waals surface area contributed by atoms with E-state index in [4.69, 9.17) is 0 Å². The Labute approximate surface area is 103 Å². The number of carbonyl (C=O) groups excluding carboxylic acids is 1. The molecular formula is C14H12N2O2. The minimum absolute atomic E-state index is 0.000327. The van der Waals surface area contributed by atoms with Gasteiger partial charge in [-0.15, -0.1) is 0 Å². The Hall–Kier alpha value is -2.10. The number of nitrogens with zero attached hydrogens (tertiary/aromatic N) is 2. The molecule has 90 valence electrons. The van der Waals surface area contributed by atoms with E-state index in [9.17, 15) is 9.59 Å². The largest absolute Gasteiger partial charge is 0.317 e. The topological polar surface area (TPSA) is 42.3 Å². The normalized spacial score (nSPS) is 21.4. The number of hydrogen-bond donors (Lipinski definition) is 0. The minimum Gasteiger partial charge on any atom is -0.317 e. The van der Waals surface area contributed by atoms with Crippen LogP contribution in [0, 0.1) is 0 Å². The van der Waals surface area contributed by atoms with Gasteiger partial charge in [0, 0.05) is 18.0 Å². The van der Waals surface area contributed by atoms with E-state index >= 15 is 0 Å². The lowest BCUT2D eigenvalue weighted by Gasteiger charge is -2.17. The molecule has 1 amide bonds. The van der Waals surface area contributed by atoms with E-state index in [0.29, 0.717) is 11.1 Å². The van der Waals surface area contributed by atoms with E-state index in [-0.39, 0.29) is 17.5 Å². The summed E-state index contributed by atoms with van der Waals surface area (Å²) in [6, 6.07) is 9.02. The number of amides is 1. The Kier molecular flexibility index (Phi) is 1.77. The van der Waals surface area contributed by atoms with Crippen LogP contribution in [0.15, 0.2) is 35.1 Å². The van der Waals surface area contributed by atoms with E-state index < -0.39 is 0 Å².